The second-order valence-electron chi connectivity index (χ2n) is 7.69. The van der Waals surface area contributed by atoms with Crippen molar-refractivity contribution in [2.24, 2.45) is 5.92 Å². The molecule has 1 aromatic rings. The zero-order valence-corrected chi connectivity index (χ0v) is 16.3. The first-order chi connectivity index (χ1) is 12.7. The first-order valence-electron chi connectivity index (χ1n) is 9.05. The molecule has 0 unspecified atom stereocenters. The smallest absolute Gasteiger partial charge is 0.405 e. The van der Waals surface area contributed by atoms with Gasteiger partial charge in [0.1, 0.15) is 11.6 Å². The standard InChI is InChI=1S/C18H25ClN4O4/c1-18(2,21-17(25)26)10-12-7-16(24)23(11-12)15-9-13(19)8-14(20-15)22-3-5-27-6-4-22/h8-9,12,21H,3-7,10-11H2,1-2H3,(H,25,26)/t12-/m1/s1. The number of nitrogens with zero attached hydrogens (tertiary/aromatic N) is 3. The minimum Gasteiger partial charge on any atom is -0.465 e. The van der Waals surface area contributed by atoms with E-state index < -0.39 is 11.6 Å². The molecule has 2 saturated heterocycles. The van der Waals surface area contributed by atoms with Crippen LogP contribution in [0.2, 0.25) is 5.02 Å². The van der Waals surface area contributed by atoms with Gasteiger partial charge in [-0.15, -0.1) is 0 Å². The van der Waals surface area contributed by atoms with Gasteiger partial charge < -0.3 is 20.1 Å². The average molecular weight is 397 g/mol. The van der Waals surface area contributed by atoms with Gasteiger partial charge in [0.25, 0.3) is 0 Å². The quantitative estimate of drug-likeness (QED) is 0.793. The summed E-state index contributed by atoms with van der Waals surface area (Å²) in [6.07, 6.45) is -0.127. The lowest BCUT2D eigenvalue weighted by Gasteiger charge is -2.29. The first-order valence-corrected chi connectivity index (χ1v) is 9.43. The zero-order valence-electron chi connectivity index (χ0n) is 15.6. The Kier molecular flexibility index (Phi) is 5.76. The first kappa shape index (κ1) is 19.7. The number of pyridine rings is 1. The van der Waals surface area contributed by atoms with E-state index >= 15 is 0 Å². The minimum absolute atomic E-state index is 0.0196. The molecule has 0 radical (unpaired) electrons. The summed E-state index contributed by atoms with van der Waals surface area (Å²) in [4.78, 5) is 31.9. The Bertz CT molecular complexity index is 721. The normalized spacial score (nSPS) is 20.9. The number of amides is 2. The largest absolute Gasteiger partial charge is 0.465 e. The lowest BCUT2D eigenvalue weighted by molar-refractivity contribution is -0.117. The van der Waals surface area contributed by atoms with Crippen molar-refractivity contribution in [2.45, 2.75) is 32.2 Å². The Morgan fingerprint density at radius 2 is 2.04 bits per heavy atom. The fraction of sp³-hybridized carbons (Fsp3) is 0.611. The van der Waals surface area contributed by atoms with E-state index in [0.717, 1.165) is 18.9 Å². The predicted molar refractivity (Wildman–Crippen MR) is 103 cm³/mol. The van der Waals surface area contributed by atoms with Crippen molar-refractivity contribution < 1.29 is 19.4 Å². The van der Waals surface area contributed by atoms with Crippen LogP contribution >= 0.6 is 11.6 Å². The van der Waals surface area contributed by atoms with Crippen molar-refractivity contribution in [3.8, 4) is 0 Å². The number of nitrogens with one attached hydrogen (secondary N) is 1. The third-order valence-corrected chi connectivity index (χ3v) is 5.04. The number of ether oxygens (including phenoxy) is 1. The summed E-state index contributed by atoms with van der Waals surface area (Å²) in [6.45, 7) is 6.89. The van der Waals surface area contributed by atoms with E-state index in [0.29, 0.717) is 43.4 Å². The molecule has 9 heteroatoms. The second-order valence-corrected chi connectivity index (χ2v) is 8.13. The van der Waals surface area contributed by atoms with Crippen molar-refractivity contribution in [3.63, 3.8) is 0 Å². The maximum atomic E-state index is 12.6. The second kappa shape index (κ2) is 7.90. The van der Waals surface area contributed by atoms with E-state index in [1.807, 2.05) is 13.8 Å². The number of carbonyl (C=O) groups excluding carboxylic acids is 1. The van der Waals surface area contributed by atoms with Crippen molar-refractivity contribution >= 4 is 35.2 Å². The summed E-state index contributed by atoms with van der Waals surface area (Å²) in [7, 11) is 0. The lowest BCUT2D eigenvalue weighted by atomic mass is 9.90. The minimum atomic E-state index is -1.06. The van der Waals surface area contributed by atoms with Crippen LogP contribution in [0, 0.1) is 5.92 Å². The van der Waals surface area contributed by atoms with E-state index in [1.165, 1.54) is 0 Å². The third kappa shape index (κ3) is 5.01. The van der Waals surface area contributed by atoms with Crippen LogP contribution < -0.4 is 15.1 Å². The van der Waals surface area contributed by atoms with Crippen LogP contribution in [0.4, 0.5) is 16.4 Å². The molecule has 3 heterocycles. The molecule has 0 bridgehead atoms. The molecular weight excluding hydrogens is 372 g/mol. The van der Waals surface area contributed by atoms with E-state index in [1.54, 1.807) is 17.0 Å². The van der Waals surface area contributed by atoms with Crippen LogP contribution in [-0.2, 0) is 9.53 Å². The molecule has 0 aromatic carbocycles. The topological polar surface area (TPSA) is 95.0 Å². The molecule has 2 aliphatic rings. The van der Waals surface area contributed by atoms with Crippen LogP contribution in [0.1, 0.15) is 26.7 Å². The summed E-state index contributed by atoms with van der Waals surface area (Å²) in [5, 5.41) is 12.0. The van der Waals surface area contributed by atoms with Crippen molar-refractivity contribution in [2.75, 3.05) is 42.6 Å². The van der Waals surface area contributed by atoms with Gasteiger partial charge in [0.15, 0.2) is 0 Å². The number of anilines is 2. The molecule has 1 atom stereocenters. The molecule has 27 heavy (non-hydrogen) atoms. The van der Waals surface area contributed by atoms with Crippen LogP contribution in [0.25, 0.3) is 0 Å². The number of hydrogen-bond acceptors (Lipinski definition) is 5. The van der Waals surface area contributed by atoms with Gasteiger partial charge in [0.05, 0.1) is 13.2 Å². The van der Waals surface area contributed by atoms with Crippen LogP contribution in [-0.4, -0.2) is 60.5 Å². The Hall–Kier alpha value is -2.06. The van der Waals surface area contributed by atoms with Crippen molar-refractivity contribution in [1.29, 1.82) is 0 Å². The molecular formula is C18H25ClN4O4. The summed E-state index contributed by atoms with van der Waals surface area (Å²) in [5.74, 6) is 1.31. The van der Waals surface area contributed by atoms with E-state index in [9.17, 15) is 9.59 Å². The number of hydrogen-bond donors (Lipinski definition) is 2. The molecule has 8 nitrogen and oxygen atoms in total. The van der Waals surface area contributed by atoms with Gasteiger partial charge in [-0.05, 0) is 38.3 Å². The SMILES string of the molecule is CC(C)(C[C@H]1CC(=O)N(c2cc(Cl)cc(N3CCOCC3)n2)C1)NC(=O)O. The highest BCUT2D eigenvalue weighted by molar-refractivity contribution is 6.31. The van der Waals surface area contributed by atoms with Gasteiger partial charge in [-0.3, -0.25) is 9.69 Å². The molecule has 1 aromatic heterocycles. The summed E-state index contributed by atoms with van der Waals surface area (Å²) >= 11 is 6.28. The van der Waals surface area contributed by atoms with Gasteiger partial charge in [-0.25, -0.2) is 9.78 Å². The number of carboxylic acid groups (broad SMARTS) is 1. The lowest BCUT2D eigenvalue weighted by Crippen LogP contribution is -2.44. The van der Waals surface area contributed by atoms with E-state index in [-0.39, 0.29) is 11.8 Å². The third-order valence-electron chi connectivity index (χ3n) is 4.82. The van der Waals surface area contributed by atoms with Gasteiger partial charge in [-0.2, -0.15) is 0 Å². The number of morpholine rings is 1. The van der Waals surface area contributed by atoms with Crippen LogP contribution in [0.15, 0.2) is 12.1 Å². The van der Waals surface area contributed by atoms with Crippen molar-refractivity contribution in [1.82, 2.24) is 10.3 Å². The number of carbonyl (C=O) groups is 2. The fourth-order valence-electron chi connectivity index (χ4n) is 3.76. The highest BCUT2D eigenvalue weighted by Gasteiger charge is 2.36. The highest BCUT2D eigenvalue weighted by Crippen LogP contribution is 2.32. The fourth-order valence-corrected chi connectivity index (χ4v) is 3.96. The molecule has 3 rings (SSSR count). The molecule has 2 fully saturated rings. The van der Waals surface area contributed by atoms with Gasteiger partial charge >= 0.3 is 6.09 Å². The average Bonchev–Trinajstić information content (AvgIpc) is 2.93. The predicted octanol–water partition coefficient (Wildman–Crippen LogP) is 2.36. The number of aromatic nitrogens is 1. The Labute approximate surface area is 163 Å². The number of halogens is 1. The Morgan fingerprint density at radius 3 is 2.70 bits per heavy atom. The summed E-state index contributed by atoms with van der Waals surface area (Å²) in [6, 6.07) is 3.50. The Balaban J connectivity index is 1.73. The molecule has 2 amide bonds. The molecule has 2 N–H and O–H groups in total. The van der Waals surface area contributed by atoms with Crippen LogP contribution in [0.3, 0.4) is 0 Å². The molecule has 2 aliphatic heterocycles. The van der Waals surface area contributed by atoms with Gasteiger partial charge in [0.2, 0.25) is 5.91 Å². The maximum Gasteiger partial charge on any atom is 0.405 e. The van der Waals surface area contributed by atoms with Gasteiger partial charge in [0, 0.05) is 36.6 Å². The van der Waals surface area contributed by atoms with Gasteiger partial charge in [-0.1, -0.05) is 11.6 Å². The summed E-state index contributed by atoms with van der Waals surface area (Å²) in [5.41, 5.74) is -0.604. The highest BCUT2D eigenvalue weighted by atomic mass is 35.5. The maximum absolute atomic E-state index is 12.6. The molecule has 148 valence electrons. The van der Waals surface area contributed by atoms with E-state index in [4.69, 9.17) is 21.4 Å². The number of rotatable bonds is 5. The summed E-state index contributed by atoms with van der Waals surface area (Å²) < 4.78 is 5.37. The van der Waals surface area contributed by atoms with Crippen molar-refractivity contribution in [3.05, 3.63) is 17.2 Å². The molecule has 0 spiro atoms. The monoisotopic (exact) mass is 396 g/mol. The molecule has 0 aliphatic carbocycles. The molecule has 0 saturated carbocycles. The Morgan fingerprint density at radius 1 is 1.37 bits per heavy atom. The van der Waals surface area contributed by atoms with Crippen LogP contribution in [0.5, 0.6) is 0 Å². The van der Waals surface area contributed by atoms with E-state index in [2.05, 4.69) is 15.2 Å². The zero-order chi connectivity index (χ0) is 19.6.